The van der Waals surface area contributed by atoms with E-state index in [-0.39, 0.29) is 0 Å². The molecule has 3 aromatic rings. The molecule has 1 aliphatic heterocycles. The molecular weight excluding hydrogens is 400 g/mol. The summed E-state index contributed by atoms with van der Waals surface area (Å²) in [5.74, 6) is 4.15. The van der Waals surface area contributed by atoms with Gasteiger partial charge in [0, 0.05) is 19.6 Å². The van der Waals surface area contributed by atoms with Gasteiger partial charge in [0.05, 0.1) is 29.3 Å². The summed E-state index contributed by atoms with van der Waals surface area (Å²) in [7, 11) is 0. The summed E-state index contributed by atoms with van der Waals surface area (Å²) in [5, 5.41) is 8.18. The molecule has 4 heterocycles. The van der Waals surface area contributed by atoms with Gasteiger partial charge in [0.2, 0.25) is 5.95 Å². The number of nitrogens with zero attached hydrogens (tertiary/aromatic N) is 7. The van der Waals surface area contributed by atoms with Crippen molar-refractivity contribution in [1.82, 2.24) is 29.7 Å². The van der Waals surface area contributed by atoms with E-state index in [1.807, 2.05) is 18.3 Å². The third kappa shape index (κ3) is 4.38. The number of anilines is 2. The second-order valence-electron chi connectivity index (χ2n) is 8.15. The van der Waals surface area contributed by atoms with Gasteiger partial charge in [-0.15, -0.1) is 0 Å². The van der Waals surface area contributed by atoms with Crippen LogP contribution in [0.5, 0.6) is 0 Å². The number of hydrogen-bond acceptors (Lipinski definition) is 7. The van der Waals surface area contributed by atoms with Crippen LogP contribution in [0.15, 0.2) is 43.4 Å². The SMILES string of the molecule is Clc1cnc(N2CCC([C@@H]3C[C@H]3CCNc3ccc(-n4cncn4)nc3)CC2)nc1. The lowest BCUT2D eigenvalue weighted by Crippen LogP contribution is -2.35. The molecule has 8 nitrogen and oxygen atoms in total. The normalized spacial score (nSPS) is 21.6. The van der Waals surface area contributed by atoms with Crippen LogP contribution in [-0.4, -0.2) is 49.4 Å². The van der Waals surface area contributed by atoms with Gasteiger partial charge in [-0.05, 0) is 55.6 Å². The average Bonchev–Trinajstić information content (AvgIpc) is 3.34. The Morgan fingerprint density at radius 3 is 2.60 bits per heavy atom. The molecule has 0 radical (unpaired) electrons. The molecule has 0 unspecified atom stereocenters. The molecule has 1 saturated carbocycles. The molecule has 0 bridgehead atoms. The first kappa shape index (κ1) is 19.2. The van der Waals surface area contributed by atoms with Gasteiger partial charge in [0.25, 0.3) is 0 Å². The number of halogens is 1. The van der Waals surface area contributed by atoms with Crippen molar-refractivity contribution in [2.75, 3.05) is 29.9 Å². The second-order valence-corrected chi connectivity index (χ2v) is 8.58. The number of hydrogen-bond donors (Lipinski definition) is 1. The van der Waals surface area contributed by atoms with Crippen molar-refractivity contribution in [2.24, 2.45) is 17.8 Å². The zero-order valence-electron chi connectivity index (χ0n) is 16.7. The van der Waals surface area contributed by atoms with E-state index in [0.29, 0.717) is 5.02 Å². The maximum Gasteiger partial charge on any atom is 0.225 e. The predicted molar refractivity (Wildman–Crippen MR) is 116 cm³/mol. The quantitative estimate of drug-likeness (QED) is 0.621. The Balaban J connectivity index is 1.03. The molecule has 5 rings (SSSR count). The van der Waals surface area contributed by atoms with Gasteiger partial charge in [-0.1, -0.05) is 11.6 Å². The number of piperidine rings is 1. The molecule has 0 aromatic carbocycles. The van der Waals surface area contributed by atoms with Gasteiger partial charge in [-0.3, -0.25) is 0 Å². The minimum absolute atomic E-state index is 0.588. The Morgan fingerprint density at radius 2 is 1.90 bits per heavy atom. The van der Waals surface area contributed by atoms with E-state index in [1.165, 1.54) is 32.0 Å². The molecule has 2 aliphatic rings. The van der Waals surface area contributed by atoms with Crippen molar-refractivity contribution in [3.8, 4) is 5.82 Å². The van der Waals surface area contributed by atoms with E-state index in [1.54, 1.807) is 23.4 Å². The van der Waals surface area contributed by atoms with Crippen LogP contribution in [0.4, 0.5) is 11.6 Å². The summed E-state index contributed by atoms with van der Waals surface area (Å²) in [4.78, 5) is 19.4. The van der Waals surface area contributed by atoms with Crippen LogP contribution in [-0.2, 0) is 0 Å². The largest absolute Gasteiger partial charge is 0.384 e. The summed E-state index contributed by atoms with van der Waals surface area (Å²) < 4.78 is 1.66. The topological polar surface area (TPSA) is 84.7 Å². The summed E-state index contributed by atoms with van der Waals surface area (Å²) in [6.45, 7) is 3.07. The van der Waals surface area contributed by atoms with Crippen LogP contribution in [0, 0.1) is 17.8 Å². The van der Waals surface area contributed by atoms with E-state index >= 15 is 0 Å². The smallest absolute Gasteiger partial charge is 0.225 e. The van der Waals surface area contributed by atoms with Gasteiger partial charge in [-0.2, -0.15) is 5.10 Å². The average molecular weight is 425 g/mol. The maximum absolute atomic E-state index is 5.89. The van der Waals surface area contributed by atoms with Crippen molar-refractivity contribution >= 4 is 23.2 Å². The van der Waals surface area contributed by atoms with Gasteiger partial charge in [0.1, 0.15) is 12.7 Å². The second kappa shape index (κ2) is 8.55. The molecule has 30 heavy (non-hydrogen) atoms. The van der Waals surface area contributed by atoms with Gasteiger partial charge >= 0.3 is 0 Å². The molecule has 2 fully saturated rings. The van der Waals surface area contributed by atoms with Crippen LogP contribution >= 0.6 is 11.6 Å². The van der Waals surface area contributed by atoms with Crippen LogP contribution in [0.3, 0.4) is 0 Å². The number of aromatic nitrogens is 6. The zero-order chi connectivity index (χ0) is 20.3. The summed E-state index contributed by atoms with van der Waals surface area (Å²) in [6.07, 6.45) is 13.4. The van der Waals surface area contributed by atoms with Gasteiger partial charge in [-0.25, -0.2) is 24.6 Å². The summed E-state index contributed by atoms with van der Waals surface area (Å²) in [5.41, 5.74) is 1.05. The van der Waals surface area contributed by atoms with E-state index in [0.717, 1.165) is 54.8 Å². The Bertz CT molecular complexity index is 936. The Labute approximate surface area is 180 Å². The molecule has 9 heteroatoms. The maximum atomic E-state index is 5.89. The molecule has 1 N–H and O–H groups in total. The minimum atomic E-state index is 0.588. The lowest BCUT2D eigenvalue weighted by molar-refractivity contribution is 0.343. The van der Waals surface area contributed by atoms with Crippen molar-refractivity contribution in [2.45, 2.75) is 25.7 Å². The van der Waals surface area contributed by atoms with Gasteiger partial charge in [0.15, 0.2) is 5.82 Å². The molecule has 156 valence electrons. The van der Waals surface area contributed by atoms with Crippen molar-refractivity contribution in [3.05, 3.63) is 48.4 Å². The fourth-order valence-corrected chi connectivity index (χ4v) is 4.63. The standard InChI is InChI=1S/C21H25ClN8/c22-17-10-26-21(27-11-17)29-7-4-15(5-8-29)19-9-16(19)3-6-24-18-1-2-20(25-12-18)30-14-23-13-28-30/h1-2,10-16,19,24H,3-9H2/t16-,19+/m1/s1. The highest BCUT2D eigenvalue weighted by atomic mass is 35.5. The predicted octanol–water partition coefficient (Wildman–Crippen LogP) is 3.46. The Hall–Kier alpha value is -2.74. The lowest BCUT2D eigenvalue weighted by atomic mass is 9.90. The van der Waals surface area contributed by atoms with E-state index in [4.69, 9.17) is 11.6 Å². The number of pyridine rings is 1. The molecule has 2 atom stereocenters. The van der Waals surface area contributed by atoms with Crippen molar-refractivity contribution in [3.63, 3.8) is 0 Å². The van der Waals surface area contributed by atoms with E-state index < -0.39 is 0 Å². The molecule has 0 amide bonds. The van der Waals surface area contributed by atoms with Crippen LogP contribution < -0.4 is 10.2 Å². The summed E-state index contributed by atoms with van der Waals surface area (Å²) in [6, 6.07) is 4.00. The molecular formula is C21H25ClN8. The van der Waals surface area contributed by atoms with E-state index in [2.05, 4.69) is 35.3 Å². The van der Waals surface area contributed by atoms with Crippen molar-refractivity contribution in [1.29, 1.82) is 0 Å². The fourth-order valence-electron chi connectivity index (χ4n) is 4.53. The minimum Gasteiger partial charge on any atom is -0.384 e. The third-order valence-electron chi connectivity index (χ3n) is 6.26. The Kier molecular flexibility index (Phi) is 5.48. The zero-order valence-corrected chi connectivity index (χ0v) is 17.5. The van der Waals surface area contributed by atoms with Crippen molar-refractivity contribution < 1.29 is 0 Å². The Morgan fingerprint density at radius 1 is 1.07 bits per heavy atom. The first-order valence-electron chi connectivity index (χ1n) is 10.5. The molecule has 0 spiro atoms. The molecule has 1 aliphatic carbocycles. The fraction of sp³-hybridized carbons (Fsp3) is 0.476. The number of nitrogens with one attached hydrogen (secondary N) is 1. The monoisotopic (exact) mass is 424 g/mol. The van der Waals surface area contributed by atoms with Gasteiger partial charge < -0.3 is 10.2 Å². The number of rotatable bonds is 7. The van der Waals surface area contributed by atoms with Crippen LogP contribution in [0.2, 0.25) is 5.02 Å². The molecule has 3 aromatic heterocycles. The third-order valence-corrected chi connectivity index (χ3v) is 6.45. The van der Waals surface area contributed by atoms with Crippen LogP contribution in [0.1, 0.15) is 25.7 Å². The highest BCUT2D eigenvalue weighted by molar-refractivity contribution is 6.30. The highest BCUT2D eigenvalue weighted by Crippen LogP contribution is 2.49. The molecule has 1 saturated heterocycles. The van der Waals surface area contributed by atoms with Crippen LogP contribution in [0.25, 0.3) is 5.82 Å². The summed E-state index contributed by atoms with van der Waals surface area (Å²) >= 11 is 5.89. The lowest BCUT2D eigenvalue weighted by Gasteiger charge is -2.32. The first-order chi connectivity index (χ1) is 14.8. The van der Waals surface area contributed by atoms with E-state index in [9.17, 15) is 0 Å². The highest BCUT2D eigenvalue weighted by Gasteiger charge is 2.43. The first-order valence-corrected chi connectivity index (χ1v) is 10.9.